The van der Waals surface area contributed by atoms with Gasteiger partial charge in [0.15, 0.2) is 5.03 Å². The number of nitrogens with one attached hydrogen (secondary N) is 1. The number of imidazole rings is 1. The van der Waals surface area contributed by atoms with Crippen LogP contribution in [0.2, 0.25) is 10.0 Å². The standard InChI is InChI=1S/C26H23BrCl2N4O5S/c1-26(13-15-6-8-16(27)9-7-15)24(36)32(19-11-17(28)10-18(29)12-19)25-30-14-22(33(25)26)39(37,38)31-21-5-3-2-4-20(21)23(34)35/h2-3,6-12,14,20-21,31H,4-5,13H2,1H3,(H,34,35)/t20-,21?,26+/m0/s1. The lowest BCUT2D eigenvalue weighted by atomic mass is 9.90. The van der Waals surface area contributed by atoms with Crippen LogP contribution in [-0.4, -0.2) is 41.0 Å². The van der Waals surface area contributed by atoms with Crippen LogP contribution < -0.4 is 9.62 Å². The Morgan fingerprint density at radius 2 is 1.79 bits per heavy atom. The average molecular weight is 654 g/mol. The van der Waals surface area contributed by atoms with Crippen molar-refractivity contribution in [3.63, 3.8) is 0 Å². The van der Waals surface area contributed by atoms with Crippen LogP contribution in [0.25, 0.3) is 0 Å². The van der Waals surface area contributed by atoms with Gasteiger partial charge >= 0.3 is 5.97 Å². The minimum Gasteiger partial charge on any atom is -0.481 e. The fourth-order valence-electron chi connectivity index (χ4n) is 5.10. The SMILES string of the molecule is C[C@@]1(Cc2ccc(Br)cc2)C(=O)N(c2cc(Cl)cc(Cl)c2)c2ncc(S(=O)(=O)NC3CC=CC[C@@H]3C(=O)O)n21. The molecule has 1 unspecified atom stereocenters. The number of aromatic nitrogens is 2. The molecule has 1 aliphatic heterocycles. The molecule has 1 amide bonds. The highest BCUT2D eigenvalue weighted by Crippen LogP contribution is 2.44. The van der Waals surface area contributed by atoms with E-state index >= 15 is 0 Å². The molecule has 0 fully saturated rings. The largest absolute Gasteiger partial charge is 0.481 e. The molecule has 2 aliphatic rings. The lowest BCUT2D eigenvalue weighted by Crippen LogP contribution is -2.46. The number of halogens is 3. The van der Waals surface area contributed by atoms with E-state index in [-0.39, 0.29) is 30.2 Å². The number of allylic oxidation sites excluding steroid dienone is 1. The lowest BCUT2D eigenvalue weighted by molar-refractivity contribution is -0.142. The Balaban J connectivity index is 1.63. The first-order chi connectivity index (χ1) is 18.4. The Kier molecular flexibility index (Phi) is 7.40. The fourth-order valence-corrected chi connectivity index (χ4v) is 7.37. The number of amides is 1. The highest BCUT2D eigenvalue weighted by Gasteiger charge is 2.52. The third-order valence-corrected chi connectivity index (χ3v) is 9.38. The number of fused-ring (bicyclic) bond motifs is 1. The highest BCUT2D eigenvalue weighted by atomic mass is 79.9. The molecule has 1 aromatic heterocycles. The molecule has 2 N–H and O–H groups in total. The molecule has 5 rings (SSSR count). The third-order valence-electron chi connectivity index (χ3n) is 6.97. The van der Waals surface area contributed by atoms with Crippen molar-refractivity contribution in [3.05, 3.63) is 80.9 Å². The summed E-state index contributed by atoms with van der Waals surface area (Å²) in [5.41, 5.74) is -0.277. The number of nitrogens with zero attached hydrogens (tertiary/aromatic N) is 3. The second-order valence-electron chi connectivity index (χ2n) is 9.69. The fraction of sp³-hybridized carbons (Fsp3) is 0.269. The molecule has 13 heteroatoms. The van der Waals surface area contributed by atoms with Crippen LogP contribution in [-0.2, 0) is 31.6 Å². The number of carboxylic acid groups (broad SMARTS) is 1. The van der Waals surface area contributed by atoms with Crippen molar-refractivity contribution in [2.24, 2.45) is 5.92 Å². The van der Waals surface area contributed by atoms with Gasteiger partial charge in [-0.15, -0.1) is 0 Å². The van der Waals surface area contributed by atoms with E-state index < -0.39 is 39.4 Å². The quantitative estimate of drug-likeness (QED) is 0.335. The Labute approximate surface area is 243 Å². The molecule has 0 saturated carbocycles. The number of hydrogen-bond donors (Lipinski definition) is 2. The van der Waals surface area contributed by atoms with Crippen molar-refractivity contribution in [3.8, 4) is 0 Å². The molecule has 1 aliphatic carbocycles. The first-order valence-electron chi connectivity index (χ1n) is 11.9. The van der Waals surface area contributed by atoms with Gasteiger partial charge in [0.2, 0.25) is 5.95 Å². The number of anilines is 2. The lowest BCUT2D eigenvalue weighted by Gasteiger charge is -2.28. The molecule has 3 aromatic rings. The van der Waals surface area contributed by atoms with Crippen molar-refractivity contribution in [1.82, 2.24) is 14.3 Å². The van der Waals surface area contributed by atoms with Gasteiger partial charge in [-0.25, -0.2) is 23.0 Å². The van der Waals surface area contributed by atoms with Gasteiger partial charge in [-0.2, -0.15) is 0 Å². The summed E-state index contributed by atoms with van der Waals surface area (Å²) in [6.45, 7) is 1.65. The maximum atomic E-state index is 14.1. The summed E-state index contributed by atoms with van der Waals surface area (Å²) >= 11 is 15.9. The first-order valence-corrected chi connectivity index (χ1v) is 15.0. The minimum atomic E-state index is -4.31. The summed E-state index contributed by atoms with van der Waals surface area (Å²) in [4.78, 5) is 31.6. The predicted molar refractivity (Wildman–Crippen MR) is 151 cm³/mol. The predicted octanol–water partition coefficient (Wildman–Crippen LogP) is 5.29. The van der Waals surface area contributed by atoms with Crippen LogP contribution in [0.1, 0.15) is 25.3 Å². The van der Waals surface area contributed by atoms with E-state index in [0.29, 0.717) is 15.7 Å². The molecule has 0 spiro atoms. The second-order valence-corrected chi connectivity index (χ2v) is 13.1. The van der Waals surface area contributed by atoms with Gasteiger partial charge in [0, 0.05) is 27.0 Å². The molecular weight excluding hydrogens is 631 g/mol. The van der Waals surface area contributed by atoms with Gasteiger partial charge in [0.05, 0.1) is 17.8 Å². The van der Waals surface area contributed by atoms with E-state index in [1.807, 2.05) is 24.3 Å². The summed E-state index contributed by atoms with van der Waals surface area (Å²) in [6.07, 6.45) is 5.23. The molecule has 9 nitrogen and oxygen atoms in total. The molecule has 39 heavy (non-hydrogen) atoms. The van der Waals surface area contributed by atoms with Gasteiger partial charge < -0.3 is 5.11 Å². The minimum absolute atomic E-state index is 0.0802. The van der Waals surface area contributed by atoms with Gasteiger partial charge in [-0.05, 0) is 55.7 Å². The van der Waals surface area contributed by atoms with Crippen LogP contribution in [0.5, 0.6) is 0 Å². The average Bonchev–Trinajstić information content (AvgIpc) is 3.39. The van der Waals surface area contributed by atoms with E-state index in [0.717, 1.165) is 10.0 Å². The number of sulfonamides is 1. The van der Waals surface area contributed by atoms with E-state index in [1.165, 1.54) is 21.7 Å². The van der Waals surface area contributed by atoms with E-state index in [4.69, 9.17) is 23.2 Å². The zero-order chi connectivity index (χ0) is 28.1. The van der Waals surface area contributed by atoms with Crippen molar-refractivity contribution >= 4 is 72.7 Å². The number of hydrogen-bond acceptors (Lipinski definition) is 5. The molecule has 3 atom stereocenters. The molecule has 2 aromatic carbocycles. The summed E-state index contributed by atoms with van der Waals surface area (Å²) in [5.74, 6) is -2.36. The van der Waals surface area contributed by atoms with Crippen LogP contribution in [0.15, 0.2) is 70.3 Å². The normalized spacial score (nSPS) is 22.8. The maximum absolute atomic E-state index is 14.1. The van der Waals surface area contributed by atoms with Gasteiger partial charge in [0.1, 0.15) is 5.54 Å². The summed E-state index contributed by atoms with van der Waals surface area (Å²) in [7, 11) is -4.31. The molecule has 2 heterocycles. The van der Waals surface area contributed by atoms with E-state index in [9.17, 15) is 23.1 Å². The van der Waals surface area contributed by atoms with Crippen LogP contribution in [0.3, 0.4) is 0 Å². The van der Waals surface area contributed by atoms with Crippen LogP contribution >= 0.6 is 39.1 Å². The maximum Gasteiger partial charge on any atom is 0.308 e. The van der Waals surface area contributed by atoms with Gasteiger partial charge in [-0.3, -0.25) is 14.2 Å². The van der Waals surface area contributed by atoms with Gasteiger partial charge in [-0.1, -0.05) is 63.4 Å². The smallest absolute Gasteiger partial charge is 0.308 e. The number of carbonyl (C=O) groups excluding carboxylic acids is 1. The van der Waals surface area contributed by atoms with E-state index in [1.54, 1.807) is 31.2 Å². The number of benzene rings is 2. The second kappa shape index (κ2) is 10.4. The highest BCUT2D eigenvalue weighted by molar-refractivity contribution is 9.10. The van der Waals surface area contributed by atoms with Crippen molar-refractivity contribution in [1.29, 1.82) is 0 Å². The first kappa shape index (κ1) is 27.9. The topological polar surface area (TPSA) is 122 Å². The van der Waals surface area contributed by atoms with Crippen LogP contribution in [0.4, 0.5) is 11.6 Å². The monoisotopic (exact) mass is 652 g/mol. The summed E-state index contributed by atoms with van der Waals surface area (Å²) in [6, 6.07) is 11.1. The summed E-state index contributed by atoms with van der Waals surface area (Å²) in [5, 5.41) is 9.98. The Morgan fingerprint density at radius 1 is 1.15 bits per heavy atom. The van der Waals surface area contributed by atoms with Crippen LogP contribution in [0, 0.1) is 5.92 Å². The molecule has 0 bridgehead atoms. The number of carbonyl (C=O) groups is 2. The van der Waals surface area contributed by atoms with Gasteiger partial charge in [0.25, 0.3) is 15.9 Å². The molecule has 0 radical (unpaired) electrons. The van der Waals surface area contributed by atoms with Crippen molar-refractivity contribution < 1.29 is 23.1 Å². The molecule has 204 valence electrons. The van der Waals surface area contributed by atoms with Crippen molar-refractivity contribution in [2.45, 2.75) is 42.8 Å². The number of carboxylic acids is 1. The molecular formula is C26H23BrCl2N4O5S. The number of aliphatic carboxylic acids is 1. The Bertz CT molecular complexity index is 1590. The summed E-state index contributed by atoms with van der Waals surface area (Å²) < 4.78 is 32.3. The zero-order valence-corrected chi connectivity index (χ0v) is 24.4. The molecule has 0 saturated heterocycles. The van der Waals surface area contributed by atoms with E-state index in [2.05, 4.69) is 25.6 Å². The van der Waals surface area contributed by atoms with Crippen molar-refractivity contribution in [2.75, 3.05) is 4.90 Å². The zero-order valence-electron chi connectivity index (χ0n) is 20.5. The Hall–Kier alpha value is -2.70. The third kappa shape index (κ3) is 5.14. The Morgan fingerprint density at radius 3 is 2.44 bits per heavy atom. The number of rotatable bonds is 7.